The van der Waals surface area contributed by atoms with Gasteiger partial charge in [-0.25, -0.2) is 4.98 Å². The van der Waals surface area contributed by atoms with Crippen molar-refractivity contribution in [1.29, 1.82) is 0 Å². The number of aromatic nitrogens is 2. The summed E-state index contributed by atoms with van der Waals surface area (Å²) in [5.74, 6) is 0.359. The summed E-state index contributed by atoms with van der Waals surface area (Å²) in [5.41, 5.74) is 7.20. The molecule has 0 saturated carbocycles. The minimum Gasteiger partial charge on any atom is -0.384 e. The van der Waals surface area contributed by atoms with Gasteiger partial charge in [-0.2, -0.15) is 0 Å². The van der Waals surface area contributed by atoms with Crippen LogP contribution in [-0.4, -0.2) is 34.4 Å². The highest BCUT2D eigenvalue weighted by Crippen LogP contribution is 2.06. The summed E-state index contributed by atoms with van der Waals surface area (Å²) in [7, 11) is 1.78. The molecule has 19 heavy (non-hydrogen) atoms. The maximum absolute atomic E-state index is 12.1. The number of carbonyl (C=O) groups excluding carboxylic acids is 1. The maximum atomic E-state index is 12.1. The number of rotatable bonds is 4. The van der Waals surface area contributed by atoms with E-state index in [1.807, 2.05) is 12.1 Å². The van der Waals surface area contributed by atoms with Gasteiger partial charge < -0.3 is 10.6 Å². The first-order valence-corrected chi connectivity index (χ1v) is 6.02. The number of anilines is 1. The van der Waals surface area contributed by atoms with Crippen LogP contribution in [0.5, 0.6) is 0 Å². The molecular weight excluding hydrogens is 240 g/mol. The average molecular weight is 256 g/mol. The summed E-state index contributed by atoms with van der Waals surface area (Å²) in [5, 5.41) is 0. The van der Waals surface area contributed by atoms with E-state index >= 15 is 0 Å². The van der Waals surface area contributed by atoms with Crippen LogP contribution < -0.4 is 5.73 Å². The monoisotopic (exact) mass is 256 g/mol. The molecule has 0 fully saturated rings. The molecule has 1 amide bonds. The van der Waals surface area contributed by atoms with Crippen LogP contribution in [0.25, 0.3) is 0 Å². The minimum absolute atomic E-state index is 0.0541. The molecule has 5 nitrogen and oxygen atoms in total. The molecule has 0 atom stereocenters. The van der Waals surface area contributed by atoms with Crippen LogP contribution in [-0.2, 0) is 6.42 Å². The molecule has 0 aliphatic heterocycles. The van der Waals surface area contributed by atoms with Gasteiger partial charge in [0.2, 0.25) is 0 Å². The predicted octanol–water partition coefficient (Wildman–Crippen LogP) is 1.37. The lowest BCUT2D eigenvalue weighted by atomic mass is 10.2. The lowest BCUT2D eigenvalue weighted by Crippen LogP contribution is -2.28. The normalized spacial score (nSPS) is 10.2. The zero-order chi connectivity index (χ0) is 13.7. The van der Waals surface area contributed by atoms with Gasteiger partial charge in [0.1, 0.15) is 5.82 Å². The molecule has 0 aromatic carbocycles. The number of likely N-dealkylation sites (N-methyl/N-ethyl adjacent to an activating group) is 1. The summed E-state index contributed by atoms with van der Waals surface area (Å²) < 4.78 is 0. The summed E-state index contributed by atoms with van der Waals surface area (Å²) in [6.45, 7) is 0.646. The number of carbonyl (C=O) groups is 1. The van der Waals surface area contributed by atoms with Gasteiger partial charge in [-0.05, 0) is 36.2 Å². The Kier molecular flexibility index (Phi) is 4.07. The summed E-state index contributed by atoms with van der Waals surface area (Å²) in [6.07, 6.45) is 5.80. The zero-order valence-electron chi connectivity index (χ0n) is 10.8. The third-order valence-electron chi connectivity index (χ3n) is 2.87. The molecule has 98 valence electrons. The van der Waals surface area contributed by atoms with E-state index in [1.165, 1.54) is 6.20 Å². The standard InChI is InChI=1S/C14H16N4O/c1-18(9-6-11-4-7-16-8-5-11)14(19)12-2-3-13(15)17-10-12/h2-5,7-8,10H,6,9H2,1H3,(H2,15,17). The Morgan fingerprint density at radius 1 is 1.26 bits per heavy atom. The second kappa shape index (κ2) is 5.95. The molecule has 0 radical (unpaired) electrons. The van der Waals surface area contributed by atoms with Crippen LogP contribution in [0.3, 0.4) is 0 Å². The van der Waals surface area contributed by atoms with Crippen molar-refractivity contribution in [1.82, 2.24) is 14.9 Å². The van der Waals surface area contributed by atoms with Gasteiger partial charge in [0, 0.05) is 32.2 Å². The largest absolute Gasteiger partial charge is 0.384 e. The maximum Gasteiger partial charge on any atom is 0.255 e. The average Bonchev–Trinajstić information content (AvgIpc) is 2.46. The van der Waals surface area contributed by atoms with E-state index in [-0.39, 0.29) is 5.91 Å². The Hall–Kier alpha value is -2.43. The van der Waals surface area contributed by atoms with Crippen LogP contribution in [0.4, 0.5) is 5.82 Å². The van der Waals surface area contributed by atoms with Gasteiger partial charge in [0.05, 0.1) is 5.56 Å². The topological polar surface area (TPSA) is 72.1 Å². The van der Waals surface area contributed by atoms with Crippen molar-refractivity contribution >= 4 is 11.7 Å². The molecule has 0 spiro atoms. The molecule has 2 rings (SSSR count). The fourth-order valence-corrected chi connectivity index (χ4v) is 1.70. The highest BCUT2D eigenvalue weighted by Gasteiger charge is 2.11. The molecule has 5 heteroatoms. The minimum atomic E-state index is -0.0541. The molecule has 2 N–H and O–H groups in total. The third kappa shape index (κ3) is 3.51. The SMILES string of the molecule is CN(CCc1ccncc1)C(=O)c1ccc(N)nc1. The molecular formula is C14H16N4O. The number of nitrogens with two attached hydrogens (primary N) is 1. The highest BCUT2D eigenvalue weighted by molar-refractivity contribution is 5.93. The van der Waals surface area contributed by atoms with Gasteiger partial charge in [-0.3, -0.25) is 9.78 Å². The Bertz CT molecular complexity index is 539. The fraction of sp³-hybridized carbons (Fsp3) is 0.214. The summed E-state index contributed by atoms with van der Waals surface area (Å²) >= 11 is 0. The van der Waals surface area contributed by atoms with Crippen molar-refractivity contribution < 1.29 is 4.79 Å². The smallest absolute Gasteiger partial charge is 0.255 e. The first-order chi connectivity index (χ1) is 9.16. The molecule has 2 heterocycles. The van der Waals surface area contributed by atoms with E-state index in [9.17, 15) is 4.79 Å². The summed E-state index contributed by atoms with van der Waals surface area (Å²) in [4.78, 5) is 21.7. The fourth-order valence-electron chi connectivity index (χ4n) is 1.70. The van der Waals surface area contributed by atoms with Crippen LogP contribution in [0.2, 0.25) is 0 Å². The second-order valence-electron chi connectivity index (χ2n) is 4.30. The van der Waals surface area contributed by atoms with E-state index in [0.717, 1.165) is 12.0 Å². The summed E-state index contributed by atoms with van der Waals surface area (Å²) in [6, 6.07) is 7.21. The van der Waals surface area contributed by atoms with Crippen molar-refractivity contribution in [2.75, 3.05) is 19.3 Å². The van der Waals surface area contributed by atoms with Crippen molar-refractivity contribution in [2.45, 2.75) is 6.42 Å². The molecule has 0 aliphatic rings. The Balaban J connectivity index is 1.94. The molecule has 0 saturated heterocycles. The molecule has 0 unspecified atom stereocenters. The highest BCUT2D eigenvalue weighted by atomic mass is 16.2. The van der Waals surface area contributed by atoms with Crippen molar-refractivity contribution in [3.63, 3.8) is 0 Å². The number of hydrogen-bond donors (Lipinski definition) is 1. The van der Waals surface area contributed by atoms with E-state index in [0.29, 0.717) is 17.9 Å². The van der Waals surface area contributed by atoms with Gasteiger partial charge in [0.25, 0.3) is 5.91 Å². The predicted molar refractivity (Wildman–Crippen MR) is 73.6 cm³/mol. The Morgan fingerprint density at radius 2 is 2.00 bits per heavy atom. The van der Waals surface area contributed by atoms with Crippen molar-refractivity contribution in [3.05, 3.63) is 54.0 Å². The number of nitrogen functional groups attached to an aromatic ring is 1. The zero-order valence-corrected chi connectivity index (χ0v) is 10.8. The number of hydrogen-bond acceptors (Lipinski definition) is 4. The number of nitrogens with zero attached hydrogens (tertiary/aromatic N) is 3. The lowest BCUT2D eigenvalue weighted by molar-refractivity contribution is 0.0796. The molecule has 0 bridgehead atoms. The van der Waals surface area contributed by atoms with E-state index in [1.54, 1.807) is 36.5 Å². The Morgan fingerprint density at radius 3 is 2.63 bits per heavy atom. The van der Waals surface area contributed by atoms with Gasteiger partial charge in [0.15, 0.2) is 0 Å². The van der Waals surface area contributed by atoms with E-state index in [2.05, 4.69) is 9.97 Å². The van der Waals surface area contributed by atoms with Gasteiger partial charge >= 0.3 is 0 Å². The van der Waals surface area contributed by atoms with Gasteiger partial charge in [-0.15, -0.1) is 0 Å². The third-order valence-corrected chi connectivity index (χ3v) is 2.87. The number of pyridine rings is 2. The van der Waals surface area contributed by atoms with Crippen molar-refractivity contribution in [2.24, 2.45) is 0 Å². The van der Waals surface area contributed by atoms with Crippen molar-refractivity contribution in [3.8, 4) is 0 Å². The van der Waals surface area contributed by atoms with Crippen LogP contribution in [0.1, 0.15) is 15.9 Å². The quantitative estimate of drug-likeness (QED) is 0.896. The van der Waals surface area contributed by atoms with Gasteiger partial charge in [-0.1, -0.05) is 0 Å². The van der Waals surface area contributed by atoms with Crippen LogP contribution in [0, 0.1) is 0 Å². The van der Waals surface area contributed by atoms with Crippen LogP contribution >= 0.6 is 0 Å². The first-order valence-electron chi connectivity index (χ1n) is 6.02. The molecule has 0 aliphatic carbocycles. The Labute approximate surface area is 112 Å². The second-order valence-corrected chi connectivity index (χ2v) is 4.30. The van der Waals surface area contributed by atoms with E-state index < -0.39 is 0 Å². The van der Waals surface area contributed by atoms with Crippen LogP contribution in [0.15, 0.2) is 42.9 Å². The lowest BCUT2D eigenvalue weighted by Gasteiger charge is -2.17. The number of amides is 1. The first kappa shape index (κ1) is 13.0. The van der Waals surface area contributed by atoms with E-state index in [4.69, 9.17) is 5.73 Å². The molecule has 2 aromatic rings. The molecule has 2 aromatic heterocycles.